The fraction of sp³-hybridized carbons (Fsp3) is 0.562. The molecule has 1 unspecified atom stereocenters. The van der Waals surface area contributed by atoms with Crippen LogP contribution in [-0.2, 0) is 4.79 Å². The van der Waals surface area contributed by atoms with E-state index in [1.807, 2.05) is 58.9 Å². The number of nitrogens with one attached hydrogen (secondary N) is 1. The van der Waals surface area contributed by atoms with Crippen molar-refractivity contribution in [2.75, 3.05) is 5.88 Å². The number of rotatable bonds is 6. The van der Waals surface area contributed by atoms with Crippen molar-refractivity contribution < 1.29 is 9.53 Å². The molecule has 1 aromatic rings. The Kier molecular flexibility index (Phi) is 5.88. The maximum Gasteiger partial charge on any atom is 0.227 e. The summed E-state index contributed by atoms with van der Waals surface area (Å²) in [6, 6.07) is 7.72. The van der Waals surface area contributed by atoms with Crippen molar-refractivity contribution in [3.05, 3.63) is 29.8 Å². The van der Waals surface area contributed by atoms with Crippen LogP contribution in [-0.4, -0.2) is 17.9 Å². The second-order valence-corrected chi connectivity index (χ2v) is 6.22. The Morgan fingerprint density at radius 3 is 2.25 bits per heavy atom. The van der Waals surface area contributed by atoms with Crippen LogP contribution in [0.1, 0.15) is 46.2 Å². The lowest BCUT2D eigenvalue weighted by atomic mass is 9.94. The molecule has 1 aromatic carbocycles. The molecule has 1 amide bonds. The van der Waals surface area contributed by atoms with Gasteiger partial charge in [-0.15, -0.1) is 11.6 Å². The third kappa shape index (κ3) is 4.71. The molecule has 112 valence electrons. The minimum absolute atomic E-state index is 0.0393. The van der Waals surface area contributed by atoms with Crippen LogP contribution < -0.4 is 10.1 Å². The third-order valence-electron chi connectivity index (χ3n) is 3.05. The van der Waals surface area contributed by atoms with Gasteiger partial charge < -0.3 is 10.1 Å². The van der Waals surface area contributed by atoms with Gasteiger partial charge in [-0.05, 0) is 52.3 Å². The third-order valence-corrected chi connectivity index (χ3v) is 3.72. The normalized spacial score (nSPS) is 13.2. The van der Waals surface area contributed by atoms with Gasteiger partial charge in [-0.2, -0.15) is 0 Å². The maximum absolute atomic E-state index is 12.1. The Morgan fingerprint density at radius 1 is 1.25 bits per heavy atom. The summed E-state index contributed by atoms with van der Waals surface area (Å²) in [6.45, 7) is 9.61. The van der Waals surface area contributed by atoms with Gasteiger partial charge >= 0.3 is 0 Å². The van der Waals surface area contributed by atoms with Crippen LogP contribution in [0.15, 0.2) is 24.3 Å². The van der Waals surface area contributed by atoms with Crippen LogP contribution in [0, 0.1) is 5.41 Å². The summed E-state index contributed by atoms with van der Waals surface area (Å²) in [6.07, 6.45) is 0.155. The van der Waals surface area contributed by atoms with Crippen molar-refractivity contribution in [2.45, 2.75) is 46.8 Å². The summed E-state index contributed by atoms with van der Waals surface area (Å²) in [4.78, 5) is 12.1. The largest absolute Gasteiger partial charge is 0.491 e. The number of halogens is 1. The monoisotopic (exact) mass is 297 g/mol. The summed E-state index contributed by atoms with van der Waals surface area (Å²) in [5, 5.41) is 2.98. The molecule has 0 aromatic heterocycles. The predicted molar refractivity (Wildman–Crippen MR) is 83.3 cm³/mol. The van der Waals surface area contributed by atoms with E-state index >= 15 is 0 Å². The van der Waals surface area contributed by atoms with Crippen LogP contribution >= 0.6 is 11.6 Å². The standard InChI is InChI=1S/C16H24ClNO2/c1-11(2)20-14-8-6-13(7-9-14)12(3)18-15(19)16(4,5)10-17/h6-9,11-12H,10H2,1-5H3,(H,18,19). The highest BCUT2D eigenvalue weighted by atomic mass is 35.5. The molecule has 0 fully saturated rings. The molecular formula is C16H24ClNO2. The number of hydrogen-bond acceptors (Lipinski definition) is 2. The highest BCUT2D eigenvalue weighted by Gasteiger charge is 2.27. The lowest BCUT2D eigenvalue weighted by Crippen LogP contribution is -2.39. The smallest absolute Gasteiger partial charge is 0.227 e. The van der Waals surface area contributed by atoms with Gasteiger partial charge in [0, 0.05) is 5.88 Å². The lowest BCUT2D eigenvalue weighted by Gasteiger charge is -2.24. The first kappa shape index (κ1) is 16.8. The molecule has 0 saturated carbocycles. The molecule has 3 nitrogen and oxygen atoms in total. The van der Waals surface area contributed by atoms with Crippen molar-refractivity contribution in [2.24, 2.45) is 5.41 Å². The van der Waals surface area contributed by atoms with Crippen molar-refractivity contribution >= 4 is 17.5 Å². The van der Waals surface area contributed by atoms with E-state index in [1.165, 1.54) is 0 Å². The fourth-order valence-corrected chi connectivity index (χ4v) is 1.76. The number of ether oxygens (including phenoxy) is 1. The Bertz CT molecular complexity index is 440. The Balaban J connectivity index is 2.68. The van der Waals surface area contributed by atoms with Crippen molar-refractivity contribution in [3.63, 3.8) is 0 Å². The van der Waals surface area contributed by atoms with E-state index in [2.05, 4.69) is 5.32 Å². The predicted octanol–water partition coefficient (Wildman–Crippen LogP) is 3.92. The van der Waals surface area contributed by atoms with Gasteiger partial charge in [0.2, 0.25) is 5.91 Å². The second kappa shape index (κ2) is 6.98. The minimum atomic E-state index is -0.559. The second-order valence-electron chi connectivity index (χ2n) is 5.95. The van der Waals surface area contributed by atoms with Crippen LogP contribution in [0.25, 0.3) is 0 Å². The molecule has 1 rings (SSSR count). The average Bonchev–Trinajstić information content (AvgIpc) is 2.38. The van der Waals surface area contributed by atoms with Crippen LogP contribution in [0.4, 0.5) is 0 Å². The van der Waals surface area contributed by atoms with E-state index in [4.69, 9.17) is 16.3 Å². The van der Waals surface area contributed by atoms with Crippen molar-refractivity contribution in [1.29, 1.82) is 0 Å². The molecule has 0 aliphatic rings. The Hall–Kier alpha value is -1.22. The number of carbonyl (C=O) groups excluding carboxylic acids is 1. The summed E-state index contributed by atoms with van der Waals surface area (Å²) in [5.74, 6) is 1.10. The van der Waals surface area contributed by atoms with Gasteiger partial charge in [0.25, 0.3) is 0 Å². The van der Waals surface area contributed by atoms with E-state index in [0.29, 0.717) is 5.88 Å². The summed E-state index contributed by atoms with van der Waals surface area (Å²) < 4.78 is 5.60. The zero-order chi connectivity index (χ0) is 15.3. The van der Waals surface area contributed by atoms with Crippen LogP contribution in [0.2, 0.25) is 0 Å². The van der Waals surface area contributed by atoms with E-state index in [0.717, 1.165) is 11.3 Å². The number of amides is 1. The van der Waals surface area contributed by atoms with E-state index < -0.39 is 5.41 Å². The SMILES string of the molecule is CC(C)Oc1ccc(C(C)NC(=O)C(C)(C)CCl)cc1. The number of alkyl halides is 1. The van der Waals surface area contributed by atoms with Gasteiger partial charge in [-0.25, -0.2) is 0 Å². The number of carbonyl (C=O) groups is 1. The first-order valence-electron chi connectivity index (χ1n) is 6.90. The molecule has 0 saturated heterocycles. The Morgan fingerprint density at radius 2 is 1.80 bits per heavy atom. The highest BCUT2D eigenvalue weighted by molar-refractivity contribution is 6.19. The quantitative estimate of drug-likeness (QED) is 0.808. The molecular weight excluding hydrogens is 274 g/mol. The fourth-order valence-electron chi connectivity index (χ4n) is 1.64. The van der Waals surface area contributed by atoms with Crippen molar-refractivity contribution in [3.8, 4) is 5.75 Å². The maximum atomic E-state index is 12.1. The van der Waals surface area contributed by atoms with Gasteiger partial charge in [0.1, 0.15) is 5.75 Å². The first-order chi connectivity index (χ1) is 9.26. The molecule has 20 heavy (non-hydrogen) atoms. The molecule has 4 heteroatoms. The van der Waals surface area contributed by atoms with Crippen LogP contribution in [0.5, 0.6) is 5.75 Å². The van der Waals surface area contributed by atoms with Gasteiger partial charge in [-0.3, -0.25) is 4.79 Å². The molecule has 0 radical (unpaired) electrons. The zero-order valence-corrected chi connectivity index (χ0v) is 13.6. The minimum Gasteiger partial charge on any atom is -0.491 e. The summed E-state index contributed by atoms with van der Waals surface area (Å²) >= 11 is 5.81. The van der Waals surface area contributed by atoms with Gasteiger partial charge in [0.05, 0.1) is 17.6 Å². The topological polar surface area (TPSA) is 38.3 Å². The average molecular weight is 298 g/mol. The van der Waals surface area contributed by atoms with Crippen molar-refractivity contribution in [1.82, 2.24) is 5.32 Å². The molecule has 0 heterocycles. The van der Waals surface area contributed by atoms with E-state index in [-0.39, 0.29) is 18.1 Å². The van der Waals surface area contributed by atoms with Gasteiger partial charge in [-0.1, -0.05) is 12.1 Å². The van der Waals surface area contributed by atoms with Crippen LogP contribution in [0.3, 0.4) is 0 Å². The molecule has 0 aliphatic heterocycles. The zero-order valence-electron chi connectivity index (χ0n) is 12.9. The molecule has 0 bridgehead atoms. The first-order valence-corrected chi connectivity index (χ1v) is 7.43. The summed E-state index contributed by atoms with van der Waals surface area (Å²) in [7, 11) is 0. The molecule has 0 spiro atoms. The molecule has 1 atom stereocenters. The highest BCUT2D eigenvalue weighted by Crippen LogP contribution is 2.22. The lowest BCUT2D eigenvalue weighted by molar-refractivity contribution is -0.129. The number of benzene rings is 1. The summed E-state index contributed by atoms with van der Waals surface area (Å²) in [5.41, 5.74) is 0.482. The molecule has 1 N–H and O–H groups in total. The number of hydrogen-bond donors (Lipinski definition) is 1. The van der Waals surface area contributed by atoms with E-state index in [1.54, 1.807) is 0 Å². The van der Waals surface area contributed by atoms with E-state index in [9.17, 15) is 4.79 Å². The Labute approximate surface area is 126 Å². The van der Waals surface area contributed by atoms with Gasteiger partial charge in [0.15, 0.2) is 0 Å². The molecule has 0 aliphatic carbocycles.